The molecule has 1 aliphatic heterocycles. The Kier molecular flexibility index (Phi) is 5.61. The first-order valence-corrected chi connectivity index (χ1v) is 11.6. The Hall–Kier alpha value is -2.90. The summed E-state index contributed by atoms with van der Waals surface area (Å²) in [6, 6.07) is 10.1. The maximum atomic E-state index is 4.87. The number of anilines is 2. The lowest BCUT2D eigenvalue weighted by Crippen LogP contribution is -2.22. The number of aryl methyl sites for hydroxylation is 2. The van der Waals surface area contributed by atoms with Crippen LogP contribution in [0.15, 0.2) is 42.7 Å². The lowest BCUT2D eigenvalue weighted by Gasteiger charge is -2.15. The van der Waals surface area contributed by atoms with E-state index < -0.39 is 0 Å². The minimum absolute atomic E-state index is 0.754. The van der Waals surface area contributed by atoms with Gasteiger partial charge in [0.2, 0.25) is 0 Å². The molecular weight excluding hydrogens is 404 g/mol. The molecule has 5 rings (SSSR count). The SMILES string of the molecule is Cc1ccc(Nc2cc3nc(-c4ncccc4C)sc3cn2)nc1CCN1CCCC1. The molecule has 0 saturated carbocycles. The topological polar surface area (TPSA) is 66.8 Å². The molecule has 4 aromatic heterocycles. The zero-order valence-electron chi connectivity index (χ0n) is 17.9. The number of hydrogen-bond donors (Lipinski definition) is 1. The highest BCUT2D eigenvalue weighted by Gasteiger charge is 2.13. The number of pyridine rings is 3. The Morgan fingerprint density at radius 2 is 1.87 bits per heavy atom. The summed E-state index contributed by atoms with van der Waals surface area (Å²) in [4.78, 5) is 21.3. The first-order valence-electron chi connectivity index (χ1n) is 10.8. The van der Waals surface area contributed by atoms with Crippen LogP contribution >= 0.6 is 11.3 Å². The van der Waals surface area contributed by atoms with Crippen molar-refractivity contribution in [2.45, 2.75) is 33.1 Å². The van der Waals surface area contributed by atoms with Gasteiger partial charge in [-0.1, -0.05) is 12.1 Å². The van der Waals surface area contributed by atoms with Gasteiger partial charge >= 0.3 is 0 Å². The fourth-order valence-electron chi connectivity index (χ4n) is 4.01. The molecule has 158 valence electrons. The van der Waals surface area contributed by atoms with Gasteiger partial charge in [0.25, 0.3) is 0 Å². The molecular formula is C24H26N6S. The first-order chi connectivity index (χ1) is 15.2. The van der Waals surface area contributed by atoms with Gasteiger partial charge in [-0.3, -0.25) is 4.98 Å². The highest BCUT2D eigenvalue weighted by Crippen LogP contribution is 2.31. The third-order valence-electron chi connectivity index (χ3n) is 5.81. The average Bonchev–Trinajstić information content (AvgIpc) is 3.44. The number of likely N-dealkylation sites (tertiary alicyclic amines) is 1. The average molecular weight is 431 g/mol. The van der Waals surface area contributed by atoms with Crippen LogP contribution in [0.1, 0.15) is 29.7 Å². The number of fused-ring (bicyclic) bond motifs is 1. The molecule has 4 aromatic rings. The Labute approximate surface area is 186 Å². The molecule has 7 heteroatoms. The standard InChI is InChI=1S/C24H26N6S/c1-16-7-8-21(27-18(16)9-13-30-11-3-4-12-30)29-22-14-19-20(15-26-22)31-24(28-19)23-17(2)6-5-10-25-23/h5-8,10,14-15H,3-4,9,11-13H2,1-2H3,(H,26,27,29). The molecule has 0 atom stereocenters. The third kappa shape index (κ3) is 4.43. The smallest absolute Gasteiger partial charge is 0.143 e. The minimum Gasteiger partial charge on any atom is -0.325 e. The molecule has 5 heterocycles. The molecule has 6 nitrogen and oxygen atoms in total. The third-order valence-corrected chi connectivity index (χ3v) is 6.82. The number of thiazole rings is 1. The molecule has 1 saturated heterocycles. The van der Waals surface area contributed by atoms with Gasteiger partial charge in [-0.25, -0.2) is 15.0 Å². The quantitative estimate of drug-likeness (QED) is 0.456. The van der Waals surface area contributed by atoms with Crippen LogP contribution in [0.2, 0.25) is 0 Å². The monoisotopic (exact) mass is 430 g/mol. The van der Waals surface area contributed by atoms with Crippen LogP contribution in [-0.2, 0) is 6.42 Å². The molecule has 0 aromatic carbocycles. The Morgan fingerprint density at radius 1 is 1.00 bits per heavy atom. The van der Waals surface area contributed by atoms with E-state index in [0.717, 1.165) is 56.8 Å². The van der Waals surface area contributed by atoms with Gasteiger partial charge in [-0.05, 0) is 63.0 Å². The normalized spacial score (nSPS) is 14.4. The van der Waals surface area contributed by atoms with Crippen LogP contribution in [0, 0.1) is 13.8 Å². The van der Waals surface area contributed by atoms with E-state index in [0.29, 0.717) is 0 Å². The van der Waals surface area contributed by atoms with E-state index in [2.05, 4.69) is 46.2 Å². The molecule has 1 fully saturated rings. The maximum absolute atomic E-state index is 4.87. The summed E-state index contributed by atoms with van der Waals surface area (Å²) in [5.74, 6) is 1.58. The lowest BCUT2D eigenvalue weighted by atomic mass is 10.1. The van der Waals surface area contributed by atoms with Crippen LogP contribution < -0.4 is 5.32 Å². The summed E-state index contributed by atoms with van der Waals surface area (Å²) in [6.07, 6.45) is 7.30. The van der Waals surface area contributed by atoms with Crippen LogP contribution in [0.4, 0.5) is 11.6 Å². The van der Waals surface area contributed by atoms with Gasteiger partial charge in [-0.2, -0.15) is 0 Å². The zero-order chi connectivity index (χ0) is 21.2. The largest absolute Gasteiger partial charge is 0.325 e. The summed E-state index contributed by atoms with van der Waals surface area (Å²) < 4.78 is 1.05. The van der Waals surface area contributed by atoms with E-state index in [1.165, 1.54) is 31.5 Å². The Bertz CT molecular complexity index is 1210. The molecule has 1 N–H and O–H groups in total. The molecule has 0 unspecified atom stereocenters. The van der Waals surface area contributed by atoms with Crippen molar-refractivity contribution in [3.05, 3.63) is 59.5 Å². The predicted octanol–water partition coefficient (Wildman–Crippen LogP) is 5.15. The number of nitrogens with one attached hydrogen (secondary N) is 1. The Morgan fingerprint density at radius 3 is 2.71 bits per heavy atom. The molecule has 0 aliphatic carbocycles. The van der Waals surface area contributed by atoms with Gasteiger partial charge in [0.1, 0.15) is 22.3 Å². The van der Waals surface area contributed by atoms with Crippen LogP contribution in [0.5, 0.6) is 0 Å². The molecule has 0 spiro atoms. The van der Waals surface area contributed by atoms with E-state index >= 15 is 0 Å². The van der Waals surface area contributed by atoms with Crippen molar-refractivity contribution in [1.82, 2.24) is 24.8 Å². The van der Waals surface area contributed by atoms with Gasteiger partial charge in [0, 0.05) is 37.1 Å². The highest BCUT2D eigenvalue weighted by molar-refractivity contribution is 7.21. The zero-order valence-corrected chi connectivity index (χ0v) is 18.7. The van der Waals surface area contributed by atoms with Gasteiger partial charge in [0.05, 0.1) is 10.2 Å². The van der Waals surface area contributed by atoms with E-state index in [1.807, 2.05) is 30.6 Å². The molecule has 0 bridgehead atoms. The van der Waals surface area contributed by atoms with Crippen molar-refractivity contribution in [3.8, 4) is 10.7 Å². The van der Waals surface area contributed by atoms with Gasteiger partial charge in [0.15, 0.2) is 0 Å². The summed E-state index contributed by atoms with van der Waals surface area (Å²) in [6.45, 7) is 7.71. The van der Waals surface area contributed by atoms with Crippen molar-refractivity contribution in [2.75, 3.05) is 25.0 Å². The summed E-state index contributed by atoms with van der Waals surface area (Å²) in [5, 5.41) is 4.29. The van der Waals surface area contributed by atoms with E-state index in [4.69, 9.17) is 9.97 Å². The van der Waals surface area contributed by atoms with Crippen molar-refractivity contribution in [1.29, 1.82) is 0 Å². The second-order valence-corrected chi connectivity index (χ2v) is 9.14. The second kappa shape index (κ2) is 8.69. The van der Waals surface area contributed by atoms with Crippen LogP contribution in [0.25, 0.3) is 20.9 Å². The van der Waals surface area contributed by atoms with Crippen molar-refractivity contribution >= 4 is 33.2 Å². The summed E-state index contributed by atoms with van der Waals surface area (Å²) >= 11 is 1.62. The molecule has 0 radical (unpaired) electrons. The summed E-state index contributed by atoms with van der Waals surface area (Å²) in [5.41, 5.74) is 5.37. The van der Waals surface area contributed by atoms with E-state index in [-0.39, 0.29) is 0 Å². The minimum atomic E-state index is 0.754. The van der Waals surface area contributed by atoms with E-state index in [9.17, 15) is 0 Å². The Balaban J connectivity index is 1.35. The summed E-state index contributed by atoms with van der Waals surface area (Å²) in [7, 11) is 0. The molecule has 0 amide bonds. The maximum Gasteiger partial charge on any atom is 0.143 e. The number of hydrogen-bond acceptors (Lipinski definition) is 7. The van der Waals surface area contributed by atoms with Gasteiger partial charge in [-0.15, -0.1) is 11.3 Å². The van der Waals surface area contributed by atoms with Crippen molar-refractivity contribution in [2.24, 2.45) is 0 Å². The van der Waals surface area contributed by atoms with Crippen molar-refractivity contribution in [3.63, 3.8) is 0 Å². The predicted molar refractivity (Wildman–Crippen MR) is 127 cm³/mol. The van der Waals surface area contributed by atoms with Crippen LogP contribution in [-0.4, -0.2) is 44.5 Å². The lowest BCUT2D eigenvalue weighted by molar-refractivity contribution is 0.342. The molecule has 1 aliphatic rings. The number of rotatable bonds is 6. The van der Waals surface area contributed by atoms with Crippen molar-refractivity contribution < 1.29 is 0 Å². The first kappa shape index (κ1) is 20.0. The van der Waals surface area contributed by atoms with Crippen LogP contribution in [0.3, 0.4) is 0 Å². The van der Waals surface area contributed by atoms with Gasteiger partial charge < -0.3 is 10.2 Å². The second-order valence-electron chi connectivity index (χ2n) is 8.11. The fourth-order valence-corrected chi connectivity index (χ4v) is 4.99. The van der Waals surface area contributed by atoms with E-state index in [1.54, 1.807) is 11.3 Å². The number of nitrogens with zero attached hydrogens (tertiary/aromatic N) is 5. The number of aromatic nitrogens is 4. The highest BCUT2D eigenvalue weighted by atomic mass is 32.1. The molecule has 31 heavy (non-hydrogen) atoms. The fraction of sp³-hybridized carbons (Fsp3) is 0.333.